The summed E-state index contributed by atoms with van der Waals surface area (Å²) in [7, 11) is -3.83. The van der Waals surface area contributed by atoms with E-state index >= 15 is 0 Å². The first kappa shape index (κ1) is 20.8. The van der Waals surface area contributed by atoms with Gasteiger partial charge in [0.05, 0.1) is 15.6 Å². The Morgan fingerprint density at radius 3 is 2.45 bits per heavy atom. The number of amides is 1. The van der Waals surface area contributed by atoms with Gasteiger partial charge in [0.2, 0.25) is 15.1 Å². The molecule has 1 heterocycles. The average Bonchev–Trinajstić information content (AvgIpc) is 3.02. The van der Waals surface area contributed by atoms with Gasteiger partial charge >= 0.3 is 6.09 Å². The highest BCUT2D eigenvalue weighted by atomic mass is 32.2. The number of aromatic nitrogens is 1. The Morgan fingerprint density at radius 2 is 1.83 bits per heavy atom. The van der Waals surface area contributed by atoms with Crippen molar-refractivity contribution in [1.29, 1.82) is 0 Å². The summed E-state index contributed by atoms with van der Waals surface area (Å²) in [6, 6.07) is 12.4. The van der Waals surface area contributed by atoms with Crippen LogP contribution >= 0.6 is 11.3 Å². The Labute approximate surface area is 169 Å². The molecule has 0 bridgehead atoms. The number of sulfonamides is 1. The summed E-state index contributed by atoms with van der Waals surface area (Å²) in [5.41, 5.74) is 0.936. The number of carbonyl (C=O) groups is 1. The number of alkyl halides is 2. The highest BCUT2D eigenvalue weighted by Gasteiger charge is 2.22. The molecular formula is C18H15F2N3O4S2. The summed E-state index contributed by atoms with van der Waals surface area (Å²) in [6.07, 6.45) is -3.82. The molecule has 3 aromatic rings. The van der Waals surface area contributed by atoms with Crippen LogP contribution in [0.3, 0.4) is 0 Å². The van der Waals surface area contributed by atoms with Crippen molar-refractivity contribution >= 4 is 33.1 Å². The zero-order valence-corrected chi connectivity index (χ0v) is 16.6. The van der Waals surface area contributed by atoms with E-state index in [1.54, 1.807) is 24.3 Å². The van der Waals surface area contributed by atoms with E-state index in [0.29, 0.717) is 21.8 Å². The summed E-state index contributed by atoms with van der Waals surface area (Å²) in [4.78, 5) is 15.9. The van der Waals surface area contributed by atoms with Gasteiger partial charge in [0.15, 0.2) is 5.69 Å². The number of halogens is 2. The number of nitrogens with two attached hydrogens (primary N) is 1. The van der Waals surface area contributed by atoms with Crippen molar-refractivity contribution in [1.82, 2.24) is 4.98 Å². The van der Waals surface area contributed by atoms with Crippen molar-refractivity contribution in [2.45, 2.75) is 18.2 Å². The highest BCUT2D eigenvalue weighted by Crippen LogP contribution is 2.35. The van der Waals surface area contributed by atoms with Crippen molar-refractivity contribution in [2.75, 3.05) is 5.32 Å². The summed E-state index contributed by atoms with van der Waals surface area (Å²) in [5, 5.41) is 7.67. The molecule has 0 radical (unpaired) electrons. The van der Waals surface area contributed by atoms with Crippen molar-refractivity contribution in [3.05, 3.63) is 59.2 Å². The second kappa shape index (κ2) is 8.23. The number of benzene rings is 2. The van der Waals surface area contributed by atoms with Crippen LogP contribution in [0.25, 0.3) is 11.1 Å². The molecule has 0 spiro atoms. The van der Waals surface area contributed by atoms with Crippen LogP contribution in [0.1, 0.15) is 17.1 Å². The first-order chi connectivity index (χ1) is 13.6. The van der Waals surface area contributed by atoms with Gasteiger partial charge in [-0.3, -0.25) is 5.32 Å². The monoisotopic (exact) mass is 439 g/mol. The molecule has 1 aromatic heterocycles. The van der Waals surface area contributed by atoms with Crippen LogP contribution in [-0.2, 0) is 10.0 Å². The van der Waals surface area contributed by atoms with Crippen LogP contribution < -0.4 is 15.2 Å². The maximum atomic E-state index is 13.0. The number of ether oxygens (including phenoxy) is 1. The minimum Gasteiger partial charge on any atom is -0.397 e. The predicted octanol–water partition coefficient (Wildman–Crippen LogP) is 4.31. The topological polar surface area (TPSA) is 111 Å². The molecular weight excluding hydrogens is 424 g/mol. The van der Waals surface area contributed by atoms with Crippen molar-refractivity contribution in [3.63, 3.8) is 0 Å². The van der Waals surface area contributed by atoms with Crippen LogP contribution in [0.5, 0.6) is 5.06 Å². The fourth-order valence-electron chi connectivity index (χ4n) is 2.52. The minimum absolute atomic E-state index is 0.0498. The van der Waals surface area contributed by atoms with Crippen LogP contribution in [0.4, 0.5) is 19.3 Å². The van der Waals surface area contributed by atoms with E-state index in [0.717, 1.165) is 11.3 Å². The fourth-order valence-corrected chi connectivity index (χ4v) is 3.81. The highest BCUT2D eigenvalue weighted by molar-refractivity contribution is 7.89. The van der Waals surface area contributed by atoms with Crippen LogP contribution in [-0.4, -0.2) is 19.5 Å². The SMILES string of the molecule is Cc1nc(C(F)F)c(OC(=O)Nc2ccccc2-c2ccc(S(N)(=O)=O)cc2)s1. The van der Waals surface area contributed by atoms with Gasteiger partial charge in [-0.05, 0) is 30.7 Å². The number of nitrogens with zero attached hydrogens (tertiary/aromatic N) is 1. The summed E-state index contributed by atoms with van der Waals surface area (Å²) >= 11 is 0.843. The lowest BCUT2D eigenvalue weighted by Gasteiger charge is -2.11. The summed E-state index contributed by atoms with van der Waals surface area (Å²) in [6.45, 7) is 1.53. The standard InChI is InChI=1S/C18H15F2N3O4S2/c1-10-22-15(16(19)20)17(28-10)27-18(24)23-14-5-3-2-4-13(14)11-6-8-12(9-7-11)29(21,25)26/h2-9,16H,1H3,(H,23,24)(H2,21,25,26). The number of carbonyl (C=O) groups excluding carboxylic acids is 1. The Kier molecular flexibility index (Phi) is 5.91. The number of anilines is 1. The number of aryl methyl sites for hydroxylation is 1. The number of primary sulfonamides is 1. The Bertz CT molecular complexity index is 1150. The Morgan fingerprint density at radius 1 is 1.17 bits per heavy atom. The molecule has 7 nitrogen and oxygen atoms in total. The lowest BCUT2D eigenvalue weighted by Crippen LogP contribution is -2.17. The third kappa shape index (κ3) is 4.94. The van der Waals surface area contributed by atoms with Crippen molar-refractivity contribution in [2.24, 2.45) is 5.14 Å². The summed E-state index contributed by atoms with van der Waals surface area (Å²) in [5.74, 6) is 0. The van der Waals surface area contributed by atoms with Crippen molar-refractivity contribution < 1.29 is 26.7 Å². The van der Waals surface area contributed by atoms with Gasteiger partial charge in [-0.25, -0.2) is 32.1 Å². The molecule has 11 heteroatoms. The third-order valence-electron chi connectivity index (χ3n) is 3.78. The quantitative estimate of drug-likeness (QED) is 0.615. The molecule has 0 saturated carbocycles. The molecule has 3 N–H and O–H groups in total. The van der Waals surface area contributed by atoms with E-state index in [4.69, 9.17) is 9.88 Å². The number of thiazole rings is 1. The van der Waals surface area contributed by atoms with Gasteiger partial charge in [-0.2, -0.15) is 0 Å². The normalized spacial score (nSPS) is 11.5. The number of hydrogen-bond acceptors (Lipinski definition) is 6. The van der Waals surface area contributed by atoms with Crippen molar-refractivity contribution in [3.8, 4) is 16.2 Å². The molecule has 0 fully saturated rings. The van der Waals surface area contributed by atoms with Gasteiger partial charge in [0.25, 0.3) is 6.43 Å². The van der Waals surface area contributed by atoms with Crippen LogP contribution in [0.2, 0.25) is 0 Å². The summed E-state index contributed by atoms with van der Waals surface area (Å²) < 4.78 is 53.8. The van der Waals surface area contributed by atoms with Crippen LogP contribution in [0.15, 0.2) is 53.4 Å². The molecule has 0 atom stereocenters. The van der Waals surface area contributed by atoms with Gasteiger partial charge in [-0.15, -0.1) is 0 Å². The van der Waals surface area contributed by atoms with Gasteiger partial charge < -0.3 is 4.74 Å². The molecule has 0 aliphatic rings. The molecule has 0 aliphatic heterocycles. The molecule has 0 unspecified atom stereocenters. The molecule has 2 aromatic carbocycles. The molecule has 0 saturated heterocycles. The Hall–Kier alpha value is -2.89. The van der Waals surface area contributed by atoms with E-state index in [1.165, 1.54) is 31.2 Å². The largest absolute Gasteiger partial charge is 0.417 e. The average molecular weight is 439 g/mol. The van der Waals surface area contributed by atoms with E-state index in [2.05, 4.69) is 10.3 Å². The second-order valence-corrected chi connectivity index (χ2v) is 8.56. The number of rotatable bonds is 5. The number of hydrogen-bond donors (Lipinski definition) is 2. The number of para-hydroxylation sites is 1. The van der Waals surface area contributed by atoms with E-state index in [9.17, 15) is 22.0 Å². The van der Waals surface area contributed by atoms with Crippen LogP contribution in [0, 0.1) is 6.92 Å². The first-order valence-electron chi connectivity index (χ1n) is 8.11. The molecule has 152 valence electrons. The molecule has 29 heavy (non-hydrogen) atoms. The predicted molar refractivity (Wildman–Crippen MR) is 105 cm³/mol. The maximum absolute atomic E-state index is 13.0. The lowest BCUT2D eigenvalue weighted by atomic mass is 10.0. The van der Waals surface area contributed by atoms with E-state index in [-0.39, 0.29) is 9.96 Å². The fraction of sp³-hybridized carbons (Fsp3) is 0.111. The smallest absolute Gasteiger partial charge is 0.397 e. The zero-order valence-electron chi connectivity index (χ0n) is 14.9. The van der Waals surface area contributed by atoms with E-state index < -0.39 is 28.2 Å². The van der Waals surface area contributed by atoms with Gasteiger partial charge in [-0.1, -0.05) is 41.7 Å². The zero-order chi connectivity index (χ0) is 21.2. The maximum Gasteiger partial charge on any atom is 0.417 e. The van der Waals surface area contributed by atoms with E-state index in [1.807, 2.05) is 0 Å². The van der Waals surface area contributed by atoms with Gasteiger partial charge in [0, 0.05) is 5.56 Å². The Balaban J connectivity index is 1.83. The second-order valence-electron chi connectivity index (χ2n) is 5.84. The number of nitrogens with one attached hydrogen (secondary N) is 1. The third-order valence-corrected chi connectivity index (χ3v) is 5.57. The van der Waals surface area contributed by atoms with Gasteiger partial charge in [0.1, 0.15) is 0 Å². The minimum atomic E-state index is -3.83. The molecule has 1 amide bonds. The lowest BCUT2D eigenvalue weighted by molar-refractivity contribution is 0.142. The molecule has 3 rings (SSSR count). The molecule has 0 aliphatic carbocycles. The first-order valence-corrected chi connectivity index (χ1v) is 10.5.